The molecule has 4 nitrogen and oxygen atoms in total. The van der Waals surface area contributed by atoms with E-state index >= 15 is 0 Å². The van der Waals surface area contributed by atoms with E-state index in [1.165, 1.54) is 25.7 Å². The van der Waals surface area contributed by atoms with Crippen molar-refractivity contribution in [2.75, 3.05) is 6.61 Å². The van der Waals surface area contributed by atoms with Crippen LogP contribution in [0.15, 0.2) is 5.10 Å². The van der Waals surface area contributed by atoms with Crippen molar-refractivity contribution in [3.05, 3.63) is 0 Å². The first kappa shape index (κ1) is 11.4. The molecule has 2 aliphatic carbocycles. The molecule has 0 unspecified atom stereocenters. The topological polar surface area (TPSA) is 50.7 Å². The van der Waals surface area contributed by atoms with Crippen molar-refractivity contribution in [2.24, 2.45) is 22.9 Å². The Balaban J connectivity index is 1.85. The molecular formula is C12H20N2O2. The number of nitrogens with zero attached hydrogens (tertiary/aromatic N) is 1. The maximum Gasteiger partial charge on any atom is 0.427 e. The van der Waals surface area contributed by atoms with E-state index in [2.05, 4.69) is 10.5 Å². The van der Waals surface area contributed by atoms with Gasteiger partial charge < -0.3 is 4.74 Å². The first-order valence-corrected chi connectivity index (χ1v) is 6.17. The lowest BCUT2D eigenvalue weighted by Crippen LogP contribution is -2.25. The first-order valence-electron chi connectivity index (χ1n) is 6.17. The second kappa shape index (κ2) is 4.85. The molecule has 2 bridgehead atoms. The number of carbonyl (C=O) groups is 1. The number of hydrogen-bond acceptors (Lipinski definition) is 3. The van der Waals surface area contributed by atoms with Crippen LogP contribution in [0.1, 0.15) is 39.5 Å². The van der Waals surface area contributed by atoms with E-state index in [4.69, 9.17) is 4.74 Å². The summed E-state index contributed by atoms with van der Waals surface area (Å²) in [6.07, 6.45) is 4.88. The Hall–Kier alpha value is -1.06. The average molecular weight is 224 g/mol. The third-order valence-corrected chi connectivity index (χ3v) is 3.87. The van der Waals surface area contributed by atoms with Gasteiger partial charge in [-0.1, -0.05) is 6.42 Å². The predicted octanol–water partition coefficient (Wildman–Crippen LogP) is 2.54. The fourth-order valence-corrected chi connectivity index (χ4v) is 3.14. The number of fused-ring (bicyclic) bond motifs is 2. The number of hydrogen-bond donors (Lipinski definition) is 1. The summed E-state index contributed by atoms with van der Waals surface area (Å²) in [5.41, 5.74) is 3.50. The van der Waals surface area contributed by atoms with E-state index in [0.29, 0.717) is 12.5 Å². The number of amides is 1. The van der Waals surface area contributed by atoms with Gasteiger partial charge in [0, 0.05) is 11.6 Å². The summed E-state index contributed by atoms with van der Waals surface area (Å²) in [6.45, 7) is 4.18. The highest BCUT2D eigenvalue weighted by Crippen LogP contribution is 2.48. The van der Waals surface area contributed by atoms with Gasteiger partial charge in [0.15, 0.2) is 0 Å². The summed E-state index contributed by atoms with van der Waals surface area (Å²) in [7, 11) is 0. The minimum Gasteiger partial charge on any atom is -0.449 e. The Morgan fingerprint density at radius 1 is 1.44 bits per heavy atom. The van der Waals surface area contributed by atoms with E-state index < -0.39 is 6.09 Å². The minimum atomic E-state index is -0.454. The van der Waals surface area contributed by atoms with Crippen molar-refractivity contribution in [3.8, 4) is 0 Å². The quantitative estimate of drug-likeness (QED) is 0.591. The Labute approximate surface area is 96.4 Å². The average Bonchev–Trinajstić information content (AvgIpc) is 2.88. The lowest BCUT2D eigenvalue weighted by Gasteiger charge is -2.21. The van der Waals surface area contributed by atoms with Gasteiger partial charge in [0.2, 0.25) is 0 Å². The Kier molecular flexibility index (Phi) is 3.46. The van der Waals surface area contributed by atoms with Crippen molar-refractivity contribution in [1.29, 1.82) is 0 Å². The van der Waals surface area contributed by atoms with Crippen LogP contribution in [-0.4, -0.2) is 18.4 Å². The predicted molar refractivity (Wildman–Crippen MR) is 62.2 cm³/mol. The molecule has 0 aromatic carbocycles. The molecule has 3 atom stereocenters. The van der Waals surface area contributed by atoms with Gasteiger partial charge in [-0.05, 0) is 44.9 Å². The summed E-state index contributed by atoms with van der Waals surface area (Å²) < 4.78 is 4.76. The molecule has 0 saturated heterocycles. The molecule has 4 heteroatoms. The summed E-state index contributed by atoms with van der Waals surface area (Å²) in [5.74, 6) is 2.29. The highest BCUT2D eigenvalue weighted by molar-refractivity contribution is 5.86. The van der Waals surface area contributed by atoms with Crippen molar-refractivity contribution in [2.45, 2.75) is 39.5 Å². The third-order valence-electron chi connectivity index (χ3n) is 3.87. The Morgan fingerprint density at radius 2 is 2.25 bits per heavy atom. The summed E-state index contributed by atoms with van der Waals surface area (Å²) in [4.78, 5) is 11.1. The van der Waals surface area contributed by atoms with E-state index in [1.807, 2.05) is 6.92 Å². The van der Waals surface area contributed by atoms with Gasteiger partial charge in [0.25, 0.3) is 0 Å². The summed E-state index contributed by atoms with van der Waals surface area (Å²) in [5, 5.41) is 4.14. The number of carbonyl (C=O) groups excluding carboxylic acids is 1. The monoisotopic (exact) mass is 224 g/mol. The van der Waals surface area contributed by atoms with Gasteiger partial charge in [-0.15, -0.1) is 0 Å². The van der Waals surface area contributed by atoms with Crippen LogP contribution in [0.25, 0.3) is 0 Å². The summed E-state index contributed by atoms with van der Waals surface area (Å²) in [6, 6.07) is 0. The molecule has 90 valence electrons. The van der Waals surface area contributed by atoms with Crippen LogP contribution in [-0.2, 0) is 4.74 Å². The lowest BCUT2D eigenvalue weighted by molar-refractivity contribution is 0.152. The number of rotatable bonds is 3. The zero-order valence-electron chi connectivity index (χ0n) is 10.0. The van der Waals surface area contributed by atoms with Crippen LogP contribution >= 0.6 is 0 Å². The minimum absolute atomic E-state index is 0.383. The fourth-order valence-electron chi connectivity index (χ4n) is 3.14. The molecule has 0 aliphatic heterocycles. The van der Waals surface area contributed by atoms with E-state index in [9.17, 15) is 4.79 Å². The molecule has 16 heavy (non-hydrogen) atoms. The SMILES string of the molecule is CCOC(=O)N/N=C(\C)[C@@H]1C[C@@H]2CC[C@@H]1C2. The molecule has 1 N–H and O–H groups in total. The van der Waals surface area contributed by atoms with Crippen LogP contribution < -0.4 is 5.43 Å². The highest BCUT2D eigenvalue weighted by Gasteiger charge is 2.40. The van der Waals surface area contributed by atoms with Gasteiger partial charge in [0.1, 0.15) is 0 Å². The van der Waals surface area contributed by atoms with Gasteiger partial charge in [-0.25, -0.2) is 10.2 Å². The molecule has 1 amide bonds. The van der Waals surface area contributed by atoms with Crippen molar-refractivity contribution < 1.29 is 9.53 Å². The van der Waals surface area contributed by atoms with Crippen LogP contribution in [0, 0.1) is 17.8 Å². The van der Waals surface area contributed by atoms with E-state index in [0.717, 1.165) is 17.5 Å². The molecule has 2 rings (SSSR count). The van der Waals surface area contributed by atoms with Gasteiger partial charge >= 0.3 is 6.09 Å². The number of nitrogens with one attached hydrogen (secondary N) is 1. The maximum atomic E-state index is 11.1. The number of ether oxygens (including phenoxy) is 1. The standard InChI is InChI=1S/C12H20N2O2/c1-3-16-12(15)14-13-8(2)11-7-9-4-5-10(11)6-9/h9-11H,3-7H2,1-2H3,(H,14,15)/b13-8+/t9-,10-,11+/m1/s1. The van der Waals surface area contributed by atoms with Crippen LogP contribution in [0.2, 0.25) is 0 Å². The Bertz CT molecular complexity index is 301. The molecule has 0 aromatic heterocycles. The normalized spacial score (nSPS) is 32.9. The van der Waals surface area contributed by atoms with Gasteiger partial charge in [0.05, 0.1) is 6.61 Å². The molecule has 0 heterocycles. The molecule has 2 fully saturated rings. The summed E-state index contributed by atoms with van der Waals surface area (Å²) >= 11 is 0. The molecular weight excluding hydrogens is 204 g/mol. The van der Waals surface area contributed by atoms with E-state index in [-0.39, 0.29) is 0 Å². The molecule has 0 aromatic rings. The number of hydrazone groups is 1. The van der Waals surface area contributed by atoms with Crippen LogP contribution in [0.5, 0.6) is 0 Å². The van der Waals surface area contributed by atoms with Gasteiger partial charge in [-0.2, -0.15) is 5.10 Å². The van der Waals surface area contributed by atoms with E-state index in [1.54, 1.807) is 6.92 Å². The Morgan fingerprint density at radius 3 is 2.81 bits per heavy atom. The smallest absolute Gasteiger partial charge is 0.427 e. The van der Waals surface area contributed by atoms with Crippen molar-refractivity contribution >= 4 is 11.8 Å². The lowest BCUT2D eigenvalue weighted by atomic mass is 9.86. The molecule has 2 saturated carbocycles. The van der Waals surface area contributed by atoms with Crippen molar-refractivity contribution in [3.63, 3.8) is 0 Å². The second-order valence-corrected chi connectivity index (χ2v) is 4.87. The van der Waals surface area contributed by atoms with Crippen LogP contribution in [0.4, 0.5) is 4.79 Å². The highest BCUT2D eigenvalue weighted by atomic mass is 16.5. The van der Waals surface area contributed by atoms with Crippen LogP contribution in [0.3, 0.4) is 0 Å². The zero-order valence-corrected chi connectivity index (χ0v) is 10.0. The molecule has 2 aliphatic rings. The second-order valence-electron chi connectivity index (χ2n) is 4.87. The molecule has 0 spiro atoms. The van der Waals surface area contributed by atoms with Crippen molar-refractivity contribution in [1.82, 2.24) is 5.43 Å². The third kappa shape index (κ3) is 2.36. The molecule has 0 radical (unpaired) electrons. The fraction of sp³-hybridized carbons (Fsp3) is 0.833. The first-order chi connectivity index (χ1) is 7.70. The zero-order chi connectivity index (χ0) is 11.5. The maximum absolute atomic E-state index is 11.1. The largest absolute Gasteiger partial charge is 0.449 e. The van der Waals surface area contributed by atoms with Gasteiger partial charge in [-0.3, -0.25) is 0 Å².